The molecule has 0 bridgehead atoms. The first kappa shape index (κ1) is 12.5. The van der Waals surface area contributed by atoms with Crippen LogP contribution in [0, 0.1) is 0 Å². The molecule has 2 N–H and O–H groups in total. The van der Waals surface area contributed by atoms with Gasteiger partial charge in [0, 0.05) is 19.3 Å². The van der Waals surface area contributed by atoms with Crippen molar-refractivity contribution in [3.05, 3.63) is 24.0 Å². The average molecular weight is 221 g/mol. The van der Waals surface area contributed by atoms with E-state index in [1.54, 1.807) is 17.2 Å². The normalized spacial score (nSPS) is 10.5. The number of anilines is 1. The van der Waals surface area contributed by atoms with Gasteiger partial charge in [-0.3, -0.25) is 9.78 Å². The zero-order valence-electron chi connectivity index (χ0n) is 10.1. The van der Waals surface area contributed by atoms with Gasteiger partial charge in [-0.25, -0.2) is 0 Å². The molecule has 1 rings (SSSR count). The lowest BCUT2D eigenvalue weighted by atomic mass is 10.1. The molecule has 88 valence electrons. The van der Waals surface area contributed by atoms with Crippen LogP contribution in [-0.4, -0.2) is 28.9 Å². The van der Waals surface area contributed by atoms with Crippen molar-refractivity contribution in [1.29, 1.82) is 0 Å². The molecule has 0 radical (unpaired) electrons. The molecule has 1 aromatic rings. The highest BCUT2D eigenvalue weighted by Crippen LogP contribution is 2.15. The highest BCUT2D eigenvalue weighted by Gasteiger charge is 2.19. The van der Waals surface area contributed by atoms with Crippen molar-refractivity contribution in [1.82, 2.24) is 9.88 Å². The van der Waals surface area contributed by atoms with E-state index in [0.29, 0.717) is 11.3 Å². The fourth-order valence-corrected chi connectivity index (χ4v) is 1.79. The van der Waals surface area contributed by atoms with Crippen LogP contribution in [0.5, 0.6) is 0 Å². The van der Waals surface area contributed by atoms with Gasteiger partial charge in [0.05, 0.1) is 17.4 Å². The van der Waals surface area contributed by atoms with Crippen LogP contribution in [0.1, 0.15) is 37.0 Å². The molecule has 0 aliphatic heterocycles. The maximum Gasteiger partial charge on any atom is 0.256 e. The summed E-state index contributed by atoms with van der Waals surface area (Å²) < 4.78 is 0. The molecule has 0 fully saturated rings. The van der Waals surface area contributed by atoms with Gasteiger partial charge >= 0.3 is 0 Å². The number of nitrogens with zero attached hydrogens (tertiary/aromatic N) is 2. The van der Waals surface area contributed by atoms with Gasteiger partial charge in [-0.1, -0.05) is 13.8 Å². The summed E-state index contributed by atoms with van der Waals surface area (Å²) in [6.45, 7) is 4.15. The monoisotopic (exact) mass is 221 g/mol. The molecule has 1 amide bonds. The SMILES string of the molecule is CCC(CC)N(C)C(=O)c1ccncc1N. The van der Waals surface area contributed by atoms with Gasteiger partial charge in [0.1, 0.15) is 0 Å². The number of hydrogen-bond donors (Lipinski definition) is 1. The molecule has 0 aromatic carbocycles. The second-order valence-electron chi connectivity index (χ2n) is 3.85. The summed E-state index contributed by atoms with van der Waals surface area (Å²) in [6, 6.07) is 1.93. The number of carbonyl (C=O) groups excluding carboxylic acids is 1. The number of rotatable bonds is 4. The molecule has 4 nitrogen and oxygen atoms in total. The van der Waals surface area contributed by atoms with Gasteiger partial charge in [0.2, 0.25) is 0 Å². The largest absolute Gasteiger partial charge is 0.397 e. The van der Waals surface area contributed by atoms with E-state index >= 15 is 0 Å². The molecule has 16 heavy (non-hydrogen) atoms. The molecule has 0 aliphatic rings. The minimum atomic E-state index is -0.0337. The van der Waals surface area contributed by atoms with Gasteiger partial charge < -0.3 is 10.6 Å². The maximum absolute atomic E-state index is 12.1. The Balaban J connectivity index is 2.90. The zero-order valence-corrected chi connectivity index (χ0v) is 10.1. The standard InChI is InChI=1S/C12H19N3O/c1-4-9(5-2)15(3)12(16)10-6-7-14-8-11(10)13/h6-9H,4-5,13H2,1-3H3. The summed E-state index contributed by atoms with van der Waals surface area (Å²) in [4.78, 5) is 17.8. The first-order valence-electron chi connectivity index (χ1n) is 5.58. The smallest absolute Gasteiger partial charge is 0.256 e. The van der Waals surface area contributed by atoms with Crippen LogP contribution in [0.15, 0.2) is 18.5 Å². The molecule has 0 atom stereocenters. The van der Waals surface area contributed by atoms with Crippen molar-refractivity contribution in [3.8, 4) is 0 Å². The molecule has 0 unspecified atom stereocenters. The molecule has 1 heterocycles. The Morgan fingerprint density at radius 3 is 2.62 bits per heavy atom. The Morgan fingerprint density at radius 1 is 1.50 bits per heavy atom. The van der Waals surface area contributed by atoms with Gasteiger partial charge in [-0.2, -0.15) is 0 Å². The molecule has 0 aliphatic carbocycles. The summed E-state index contributed by atoms with van der Waals surface area (Å²) in [5.74, 6) is -0.0337. The van der Waals surface area contributed by atoms with Crippen LogP contribution in [0.2, 0.25) is 0 Å². The van der Waals surface area contributed by atoms with E-state index in [-0.39, 0.29) is 11.9 Å². The summed E-state index contributed by atoms with van der Waals surface area (Å²) in [7, 11) is 1.82. The third kappa shape index (κ3) is 2.51. The lowest BCUT2D eigenvalue weighted by molar-refractivity contribution is 0.0724. The van der Waals surface area contributed by atoms with E-state index < -0.39 is 0 Å². The quantitative estimate of drug-likeness (QED) is 0.845. The predicted octanol–water partition coefficient (Wildman–Crippen LogP) is 1.92. The minimum Gasteiger partial charge on any atom is -0.397 e. The Kier molecular flexibility index (Phi) is 4.28. The van der Waals surface area contributed by atoms with Crippen molar-refractivity contribution in [2.45, 2.75) is 32.7 Å². The van der Waals surface area contributed by atoms with Gasteiger partial charge in [-0.15, -0.1) is 0 Å². The highest BCUT2D eigenvalue weighted by molar-refractivity contribution is 5.98. The van der Waals surface area contributed by atoms with Crippen LogP contribution in [0.4, 0.5) is 5.69 Å². The summed E-state index contributed by atoms with van der Waals surface area (Å²) >= 11 is 0. The molecule has 0 saturated heterocycles. The van der Waals surface area contributed by atoms with E-state index in [2.05, 4.69) is 18.8 Å². The molecular weight excluding hydrogens is 202 g/mol. The fourth-order valence-electron chi connectivity index (χ4n) is 1.79. The van der Waals surface area contributed by atoms with E-state index in [1.165, 1.54) is 6.20 Å². The Bertz CT molecular complexity index is 361. The predicted molar refractivity (Wildman–Crippen MR) is 65.1 cm³/mol. The number of aromatic nitrogens is 1. The maximum atomic E-state index is 12.1. The van der Waals surface area contributed by atoms with Gasteiger partial charge in [0.25, 0.3) is 5.91 Å². The molecule has 1 aromatic heterocycles. The van der Waals surface area contributed by atoms with Crippen LogP contribution < -0.4 is 5.73 Å². The Labute approximate surface area is 96.5 Å². The van der Waals surface area contributed by atoms with Crippen LogP contribution in [0.3, 0.4) is 0 Å². The lowest BCUT2D eigenvalue weighted by Gasteiger charge is -2.26. The average Bonchev–Trinajstić information content (AvgIpc) is 2.30. The van der Waals surface area contributed by atoms with Crippen molar-refractivity contribution in [2.24, 2.45) is 0 Å². The first-order chi connectivity index (χ1) is 7.61. The highest BCUT2D eigenvalue weighted by atomic mass is 16.2. The summed E-state index contributed by atoms with van der Waals surface area (Å²) in [6.07, 6.45) is 4.99. The van der Waals surface area contributed by atoms with E-state index in [1.807, 2.05) is 7.05 Å². The topological polar surface area (TPSA) is 59.2 Å². The van der Waals surface area contributed by atoms with E-state index in [4.69, 9.17) is 5.73 Å². The molecular formula is C12H19N3O. The van der Waals surface area contributed by atoms with Crippen LogP contribution in [-0.2, 0) is 0 Å². The van der Waals surface area contributed by atoms with Crippen molar-refractivity contribution >= 4 is 11.6 Å². The zero-order chi connectivity index (χ0) is 12.1. The Morgan fingerprint density at radius 2 is 2.12 bits per heavy atom. The fraction of sp³-hybridized carbons (Fsp3) is 0.500. The van der Waals surface area contributed by atoms with E-state index in [0.717, 1.165) is 12.8 Å². The number of amides is 1. The van der Waals surface area contributed by atoms with Crippen molar-refractivity contribution in [3.63, 3.8) is 0 Å². The number of carbonyl (C=O) groups is 1. The number of hydrogen-bond acceptors (Lipinski definition) is 3. The van der Waals surface area contributed by atoms with Crippen LogP contribution >= 0.6 is 0 Å². The summed E-state index contributed by atoms with van der Waals surface area (Å²) in [5.41, 5.74) is 6.70. The number of pyridine rings is 1. The van der Waals surface area contributed by atoms with Gasteiger partial charge in [-0.05, 0) is 18.9 Å². The summed E-state index contributed by atoms with van der Waals surface area (Å²) in [5, 5.41) is 0. The number of nitrogens with two attached hydrogens (primary N) is 1. The van der Waals surface area contributed by atoms with E-state index in [9.17, 15) is 4.79 Å². The lowest BCUT2D eigenvalue weighted by Crippen LogP contribution is -2.36. The van der Waals surface area contributed by atoms with Crippen molar-refractivity contribution in [2.75, 3.05) is 12.8 Å². The first-order valence-corrected chi connectivity index (χ1v) is 5.58. The minimum absolute atomic E-state index is 0.0337. The second-order valence-corrected chi connectivity index (χ2v) is 3.85. The van der Waals surface area contributed by atoms with Gasteiger partial charge in [0.15, 0.2) is 0 Å². The van der Waals surface area contributed by atoms with Crippen molar-refractivity contribution < 1.29 is 4.79 Å². The Hall–Kier alpha value is -1.58. The molecule has 4 heteroatoms. The molecule has 0 spiro atoms. The molecule has 0 saturated carbocycles. The third-order valence-corrected chi connectivity index (χ3v) is 2.89. The number of nitrogen functional groups attached to an aromatic ring is 1. The van der Waals surface area contributed by atoms with Crippen LogP contribution in [0.25, 0.3) is 0 Å². The third-order valence-electron chi connectivity index (χ3n) is 2.89. The second kappa shape index (κ2) is 5.49.